The van der Waals surface area contributed by atoms with Gasteiger partial charge in [0.2, 0.25) is 0 Å². The van der Waals surface area contributed by atoms with Gasteiger partial charge in [-0.3, -0.25) is 9.36 Å². The molecule has 0 bridgehead atoms. The topological polar surface area (TPSA) is 88.4 Å². The Kier molecular flexibility index (Phi) is 8.88. The molecule has 2 heterocycles. The van der Waals surface area contributed by atoms with Crippen molar-refractivity contribution in [3.8, 4) is 17.2 Å². The second kappa shape index (κ2) is 12.9. The number of ether oxygens (including phenoxy) is 4. The summed E-state index contributed by atoms with van der Waals surface area (Å²) in [6.45, 7) is 6.42. The predicted octanol–water partition coefficient (Wildman–Crippen LogP) is 4.89. The van der Waals surface area contributed by atoms with Gasteiger partial charge >= 0.3 is 5.97 Å². The Morgan fingerprint density at radius 3 is 2.43 bits per heavy atom. The van der Waals surface area contributed by atoms with Crippen molar-refractivity contribution >= 4 is 29.1 Å². The highest BCUT2D eigenvalue weighted by Crippen LogP contribution is 2.37. The maximum Gasteiger partial charge on any atom is 0.338 e. The molecule has 3 aromatic carbocycles. The number of rotatable bonds is 10. The van der Waals surface area contributed by atoms with E-state index in [1.165, 1.54) is 15.9 Å². The first kappa shape index (κ1) is 28.9. The molecule has 1 aliphatic heterocycles. The Labute approximate surface area is 247 Å². The van der Waals surface area contributed by atoms with Gasteiger partial charge in [-0.1, -0.05) is 59.9 Å². The average molecular weight is 585 g/mol. The summed E-state index contributed by atoms with van der Waals surface area (Å²) in [5.74, 6) is 1.34. The van der Waals surface area contributed by atoms with Gasteiger partial charge in [0.15, 0.2) is 16.3 Å². The molecule has 0 N–H and O–H groups in total. The van der Waals surface area contributed by atoms with E-state index in [1.807, 2.05) is 85.8 Å². The lowest BCUT2D eigenvalue weighted by atomic mass is 9.96. The van der Waals surface area contributed by atoms with Crippen molar-refractivity contribution in [3.05, 3.63) is 115 Å². The molecule has 5 rings (SSSR count). The highest BCUT2D eigenvalue weighted by Gasteiger charge is 2.32. The normalized spacial score (nSPS) is 14.7. The number of thiazole rings is 1. The molecule has 1 atom stereocenters. The molecule has 0 saturated carbocycles. The van der Waals surface area contributed by atoms with E-state index in [-0.39, 0.29) is 12.2 Å². The van der Waals surface area contributed by atoms with Crippen molar-refractivity contribution in [1.82, 2.24) is 4.57 Å². The van der Waals surface area contributed by atoms with E-state index in [2.05, 4.69) is 0 Å². The van der Waals surface area contributed by atoms with Gasteiger partial charge in [0.1, 0.15) is 18.4 Å². The van der Waals surface area contributed by atoms with E-state index in [9.17, 15) is 9.59 Å². The molecule has 0 fully saturated rings. The van der Waals surface area contributed by atoms with Gasteiger partial charge in [-0.2, -0.15) is 0 Å². The summed E-state index contributed by atoms with van der Waals surface area (Å²) in [4.78, 5) is 32.2. The zero-order chi connectivity index (χ0) is 29.6. The smallest absolute Gasteiger partial charge is 0.338 e. The summed E-state index contributed by atoms with van der Waals surface area (Å²) in [7, 11) is 1.61. The number of carbonyl (C=O) groups is 1. The number of esters is 1. The lowest BCUT2D eigenvalue weighted by molar-refractivity contribution is -0.138. The highest BCUT2D eigenvalue weighted by molar-refractivity contribution is 7.07. The largest absolute Gasteiger partial charge is 0.497 e. The Balaban J connectivity index is 1.59. The third kappa shape index (κ3) is 6.01. The first-order valence-corrected chi connectivity index (χ1v) is 14.5. The molecule has 0 unspecified atom stereocenters. The van der Waals surface area contributed by atoms with Crippen LogP contribution in [0.1, 0.15) is 43.5 Å². The lowest BCUT2D eigenvalue weighted by Gasteiger charge is -2.23. The molecule has 0 amide bonds. The van der Waals surface area contributed by atoms with Crippen LogP contribution in [0.5, 0.6) is 17.2 Å². The van der Waals surface area contributed by atoms with Crippen molar-refractivity contribution in [2.24, 2.45) is 4.99 Å². The van der Waals surface area contributed by atoms with E-state index in [1.54, 1.807) is 21.0 Å². The highest BCUT2D eigenvalue weighted by atomic mass is 32.1. The van der Waals surface area contributed by atoms with Crippen molar-refractivity contribution in [1.29, 1.82) is 0 Å². The fourth-order valence-corrected chi connectivity index (χ4v) is 5.77. The van der Waals surface area contributed by atoms with Gasteiger partial charge in [-0.25, -0.2) is 9.79 Å². The van der Waals surface area contributed by atoms with Gasteiger partial charge in [0.05, 0.1) is 30.4 Å². The number of fused-ring (bicyclic) bond motifs is 1. The molecule has 1 aliphatic rings. The quantitative estimate of drug-likeness (QED) is 0.247. The molecule has 8 nitrogen and oxygen atoms in total. The van der Waals surface area contributed by atoms with Gasteiger partial charge < -0.3 is 18.9 Å². The monoisotopic (exact) mass is 584 g/mol. The van der Waals surface area contributed by atoms with Crippen LogP contribution in [-0.2, 0) is 16.1 Å². The van der Waals surface area contributed by atoms with Crippen LogP contribution in [0.4, 0.5) is 0 Å². The number of methoxy groups -OCH3 is 1. The first-order chi connectivity index (χ1) is 20.4. The van der Waals surface area contributed by atoms with Gasteiger partial charge in [-0.15, -0.1) is 0 Å². The zero-order valence-corrected chi connectivity index (χ0v) is 24.8. The van der Waals surface area contributed by atoms with Crippen LogP contribution in [0, 0.1) is 0 Å². The molecule has 42 heavy (non-hydrogen) atoms. The average Bonchev–Trinajstić information content (AvgIpc) is 3.32. The summed E-state index contributed by atoms with van der Waals surface area (Å²) in [5, 5.41) is 0. The fraction of sp³-hybridized carbons (Fsp3) is 0.242. The minimum atomic E-state index is -0.696. The molecule has 0 radical (unpaired) electrons. The zero-order valence-electron chi connectivity index (χ0n) is 24.0. The fourth-order valence-electron chi connectivity index (χ4n) is 4.73. The van der Waals surface area contributed by atoms with E-state index < -0.39 is 12.0 Å². The summed E-state index contributed by atoms with van der Waals surface area (Å²) in [5.41, 5.74) is 3.16. The lowest BCUT2D eigenvalue weighted by Crippen LogP contribution is -2.35. The Hall–Kier alpha value is -4.63. The number of carbonyl (C=O) groups excluding carboxylic acids is 1. The summed E-state index contributed by atoms with van der Waals surface area (Å²) in [6.07, 6.45) is 1.81. The van der Waals surface area contributed by atoms with E-state index in [4.69, 9.17) is 23.9 Å². The van der Waals surface area contributed by atoms with E-state index in [0.29, 0.717) is 45.3 Å². The van der Waals surface area contributed by atoms with Crippen LogP contribution in [0.15, 0.2) is 88.2 Å². The molecular weight excluding hydrogens is 552 g/mol. The third-order valence-corrected chi connectivity index (χ3v) is 7.76. The number of nitrogens with zero attached hydrogens (tertiary/aromatic N) is 2. The third-order valence-electron chi connectivity index (χ3n) is 6.77. The Morgan fingerprint density at radius 2 is 1.74 bits per heavy atom. The molecule has 1 aromatic heterocycles. The number of hydrogen-bond acceptors (Lipinski definition) is 8. The minimum absolute atomic E-state index is 0.195. The number of benzene rings is 3. The second-order valence-corrected chi connectivity index (χ2v) is 10.5. The number of hydrogen-bond donors (Lipinski definition) is 0. The Bertz CT molecular complexity index is 1790. The van der Waals surface area contributed by atoms with Crippen LogP contribution in [0.2, 0.25) is 0 Å². The van der Waals surface area contributed by atoms with Crippen LogP contribution >= 0.6 is 11.3 Å². The first-order valence-electron chi connectivity index (χ1n) is 13.7. The summed E-state index contributed by atoms with van der Waals surface area (Å²) >= 11 is 1.27. The van der Waals surface area contributed by atoms with Gasteiger partial charge in [-0.05, 0) is 67.8 Å². The molecule has 9 heteroatoms. The molecule has 0 saturated heterocycles. The van der Waals surface area contributed by atoms with Gasteiger partial charge in [0.25, 0.3) is 5.56 Å². The Morgan fingerprint density at radius 1 is 0.976 bits per heavy atom. The second-order valence-electron chi connectivity index (χ2n) is 9.47. The molecule has 0 spiro atoms. The molecule has 216 valence electrons. The van der Waals surface area contributed by atoms with Crippen molar-refractivity contribution < 1.29 is 23.7 Å². The van der Waals surface area contributed by atoms with E-state index >= 15 is 0 Å². The number of allylic oxidation sites excluding steroid dienone is 1. The molecule has 0 aliphatic carbocycles. The van der Waals surface area contributed by atoms with Crippen LogP contribution in [0.3, 0.4) is 0 Å². The SMILES string of the molecule is CCOC(=O)C1=C(C)n2c(s/c(=C\c3ccc(OC)cc3)c2=O)=N[C@H]1c1ccc(OCc2ccccc2)c(OCC)c1. The van der Waals surface area contributed by atoms with Crippen LogP contribution in [-0.4, -0.2) is 30.9 Å². The predicted molar refractivity (Wildman–Crippen MR) is 163 cm³/mol. The van der Waals surface area contributed by atoms with Crippen LogP contribution < -0.4 is 29.1 Å². The molecular formula is C33H32N2O6S. The van der Waals surface area contributed by atoms with Gasteiger partial charge in [0, 0.05) is 5.70 Å². The maximum absolute atomic E-state index is 13.5. The standard InChI is InChI=1S/C33H32N2O6S/c1-5-39-27-19-24(14-17-26(27)41-20-23-10-8-7-9-11-23)30-29(32(37)40-6-2)21(3)35-31(36)28(42-33(35)34-30)18-22-12-15-25(38-4)16-13-22/h7-19,30H,5-6,20H2,1-4H3/b28-18-/t30-/m0/s1. The minimum Gasteiger partial charge on any atom is -0.497 e. The van der Waals surface area contributed by atoms with E-state index in [0.717, 1.165) is 22.4 Å². The molecule has 4 aromatic rings. The maximum atomic E-state index is 13.5. The van der Waals surface area contributed by atoms with Crippen LogP contribution in [0.25, 0.3) is 11.8 Å². The van der Waals surface area contributed by atoms with Crippen molar-refractivity contribution in [2.75, 3.05) is 20.3 Å². The summed E-state index contributed by atoms with van der Waals surface area (Å²) in [6, 6.07) is 22.2. The van der Waals surface area contributed by atoms with Crippen molar-refractivity contribution in [3.63, 3.8) is 0 Å². The summed E-state index contributed by atoms with van der Waals surface area (Å²) < 4.78 is 24.7. The van der Waals surface area contributed by atoms with Crippen molar-refractivity contribution in [2.45, 2.75) is 33.4 Å². The number of aromatic nitrogens is 1.